The molecule has 1 fully saturated rings. The molecule has 0 radical (unpaired) electrons. The van der Waals surface area contributed by atoms with Crippen molar-refractivity contribution in [3.05, 3.63) is 70.8 Å². The number of hydrogen-bond donors (Lipinski definition) is 0. The lowest BCUT2D eigenvalue weighted by Crippen LogP contribution is -2.49. The van der Waals surface area contributed by atoms with Crippen molar-refractivity contribution in [2.45, 2.75) is 6.18 Å². The molecular weight excluding hydrogens is 542 g/mol. The molecule has 8 nitrogen and oxygen atoms in total. The highest BCUT2D eigenvalue weighted by Gasteiger charge is 2.37. The van der Waals surface area contributed by atoms with Crippen molar-refractivity contribution in [3.8, 4) is 22.8 Å². The summed E-state index contributed by atoms with van der Waals surface area (Å²) in [5.74, 6) is -0.256. The minimum absolute atomic E-state index is 0.0375. The van der Waals surface area contributed by atoms with Crippen molar-refractivity contribution in [2.75, 3.05) is 45.3 Å². The monoisotopic (exact) mass is 563 g/mol. The summed E-state index contributed by atoms with van der Waals surface area (Å²) in [7, 11) is 2.85. The van der Waals surface area contributed by atoms with Crippen molar-refractivity contribution in [1.29, 1.82) is 0 Å². The van der Waals surface area contributed by atoms with E-state index in [2.05, 4.69) is 10.1 Å². The van der Waals surface area contributed by atoms with Gasteiger partial charge in [0.25, 0.3) is 5.91 Å². The van der Waals surface area contributed by atoms with Gasteiger partial charge in [-0.05, 0) is 48.5 Å². The fourth-order valence-electron chi connectivity index (χ4n) is 4.44. The molecule has 1 aliphatic heterocycles. The molecule has 2 aromatic carbocycles. The van der Waals surface area contributed by atoms with Crippen LogP contribution in [0.5, 0.6) is 11.5 Å². The number of nitrogens with zero attached hydrogens (tertiary/aromatic N) is 5. The van der Waals surface area contributed by atoms with Crippen molar-refractivity contribution in [2.24, 2.45) is 0 Å². The normalized spacial score (nSPS) is 14.1. The lowest BCUT2D eigenvalue weighted by Gasteiger charge is -2.35. The second kappa shape index (κ2) is 10.3. The summed E-state index contributed by atoms with van der Waals surface area (Å²) >= 11 is 6.45. The molecule has 5 rings (SSSR count). The van der Waals surface area contributed by atoms with Crippen LogP contribution < -0.4 is 14.4 Å². The van der Waals surface area contributed by atoms with Crippen molar-refractivity contribution in [3.63, 3.8) is 0 Å². The third-order valence-electron chi connectivity index (χ3n) is 6.46. The molecule has 0 spiro atoms. The number of fused-ring (bicyclic) bond motifs is 1. The molecule has 0 unspecified atom stereocenters. The van der Waals surface area contributed by atoms with Crippen molar-refractivity contribution >= 4 is 28.8 Å². The van der Waals surface area contributed by atoms with Crippen LogP contribution in [0.2, 0.25) is 5.02 Å². The SMILES string of the molecule is COc1ccc(-c2cc(C(F)(F)F)n3nc(C(=O)N4CCN(c5ccc(F)cc5)CC4)c(Cl)c3n2)cc1OC. The Morgan fingerprint density at radius 2 is 1.62 bits per heavy atom. The lowest BCUT2D eigenvalue weighted by atomic mass is 10.1. The second-order valence-electron chi connectivity index (χ2n) is 8.75. The van der Waals surface area contributed by atoms with E-state index in [-0.39, 0.29) is 41.0 Å². The van der Waals surface area contributed by atoms with Crippen molar-refractivity contribution in [1.82, 2.24) is 19.5 Å². The van der Waals surface area contributed by atoms with Crippen LogP contribution in [0.4, 0.5) is 23.2 Å². The number of methoxy groups -OCH3 is 2. The van der Waals surface area contributed by atoms with E-state index in [0.29, 0.717) is 34.7 Å². The van der Waals surface area contributed by atoms with E-state index in [1.54, 1.807) is 18.2 Å². The van der Waals surface area contributed by atoms with E-state index in [9.17, 15) is 22.4 Å². The number of amides is 1. The van der Waals surface area contributed by atoms with Crippen LogP contribution in [0, 0.1) is 5.82 Å². The minimum Gasteiger partial charge on any atom is -0.493 e. The molecule has 3 heterocycles. The molecule has 1 saturated heterocycles. The molecule has 204 valence electrons. The quantitative estimate of drug-likeness (QED) is 0.311. The highest BCUT2D eigenvalue weighted by atomic mass is 35.5. The number of alkyl halides is 3. The molecule has 39 heavy (non-hydrogen) atoms. The largest absolute Gasteiger partial charge is 0.493 e. The Morgan fingerprint density at radius 3 is 2.23 bits per heavy atom. The number of piperazine rings is 1. The van der Waals surface area contributed by atoms with Crippen LogP contribution in [-0.4, -0.2) is 65.8 Å². The highest BCUT2D eigenvalue weighted by molar-refractivity contribution is 6.36. The molecule has 13 heteroatoms. The Hall–Kier alpha value is -4.06. The van der Waals surface area contributed by atoms with E-state index in [1.807, 2.05) is 4.90 Å². The van der Waals surface area contributed by atoms with Gasteiger partial charge >= 0.3 is 6.18 Å². The van der Waals surface area contributed by atoms with E-state index in [4.69, 9.17) is 21.1 Å². The summed E-state index contributed by atoms with van der Waals surface area (Å²) in [5, 5.41) is 3.66. The van der Waals surface area contributed by atoms with E-state index < -0.39 is 17.8 Å². The van der Waals surface area contributed by atoms with Gasteiger partial charge in [0.15, 0.2) is 28.5 Å². The average molecular weight is 564 g/mol. The molecule has 0 saturated carbocycles. The van der Waals surface area contributed by atoms with Gasteiger partial charge in [0.05, 0.1) is 19.9 Å². The molecule has 1 aliphatic rings. The van der Waals surface area contributed by atoms with Gasteiger partial charge in [-0.3, -0.25) is 4.79 Å². The predicted molar refractivity (Wildman–Crippen MR) is 136 cm³/mol. The maximum Gasteiger partial charge on any atom is 0.433 e. The molecule has 1 amide bonds. The van der Waals surface area contributed by atoms with Gasteiger partial charge in [-0.1, -0.05) is 11.6 Å². The second-order valence-corrected chi connectivity index (χ2v) is 9.13. The first kappa shape index (κ1) is 26.5. The first-order valence-corrected chi connectivity index (χ1v) is 12.2. The predicted octanol–water partition coefficient (Wildman–Crippen LogP) is 5.19. The summed E-state index contributed by atoms with van der Waals surface area (Å²) in [6.45, 7) is 1.43. The van der Waals surface area contributed by atoms with Crippen molar-refractivity contribution < 1.29 is 31.8 Å². The van der Waals surface area contributed by atoms with Crippen LogP contribution in [0.1, 0.15) is 16.2 Å². The van der Waals surface area contributed by atoms with Gasteiger partial charge in [0.2, 0.25) is 0 Å². The number of aromatic nitrogens is 3. The zero-order valence-corrected chi connectivity index (χ0v) is 21.6. The molecule has 4 aromatic rings. The van der Waals surface area contributed by atoms with E-state index >= 15 is 0 Å². The number of ether oxygens (including phenoxy) is 2. The van der Waals surface area contributed by atoms with E-state index in [1.165, 1.54) is 43.4 Å². The number of carbonyl (C=O) groups is 1. The number of hydrogen-bond acceptors (Lipinski definition) is 6. The van der Waals surface area contributed by atoms with Crippen LogP contribution in [-0.2, 0) is 6.18 Å². The summed E-state index contributed by atoms with van der Waals surface area (Å²) < 4.78 is 66.6. The van der Waals surface area contributed by atoms with Gasteiger partial charge < -0.3 is 19.3 Å². The summed E-state index contributed by atoms with van der Waals surface area (Å²) in [6, 6.07) is 11.4. The number of benzene rings is 2. The Kier molecular flexibility index (Phi) is 6.98. The number of rotatable bonds is 5. The topological polar surface area (TPSA) is 72.2 Å². The Morgan fingerprint density at radius 1 is 0.949 bits per heavy atom. The van der Waals surface area contributed by atoms with E-state index in [0.717, 1.165) is 11.8 Å². The fourth-order valence-corrected chi connectivity index (χ4v) is 4.68. The maximum atomic E-state index is 14.1. The summed E-state index contributed by atoms with van der Waals surface area (Å²) in [5.41, 5.74) is -0.679. The smallest absolute Gasteiger partial charge is 0.433 e. The summed E-state index contributed by atoms with van der Waals surface area (Å²) in [6.07, 6.45) is -4.82. The van der Waals surface area contributed by atoms with Gasteiger partial charge in [0.1, 0.15) is 10.8 Å². The number of anilines is 1. The highest BCUT2D eigenvalue weighted by Crippen LogP contribution is 2.37. The van der Waals surface area contributed by atoms with Gasteiger partial charge in [-0.15, -0.1) is 0 Å². The Labute approximate surface area is 225 Å². The summed E-state index contributed by atoms with van der Waals surface area (Å²) in [4.78, 5) is 21.1. The molecule has 0 N–H and O–H groups in total. The molecule has 0 aliphatic carbocycles. The van der Waals surface area contributed by atoms with Crippen LogP contribution in [0.25, 0.3) is 16.9 Å². The molecule has 0 atom stereocenters. The van der Waals surface area contributed by atoms with Crippen LogP contribution in [0.3, 0.4) is 0 Å². The zero-order valence-electron chi connectivity index (χ0n) is 20.8. The molecule has 2 aromatic heterocycles. The Bertz CT molecular complexity index is 1530. The average Bonchev–Trinajstić information content (AvgIpc) is 3.27. The van der Waals surface area contributed by atoms with Crippen LogP contribution in [0.15, 0.2) is 48.5 Å². The minimum atomic E-state index is -4.82. The first-order valence-electron chi connectivity index (χ1n) is 11.8. The standard InChI is InChI=1S/C26H22ClF4N5O3/c1-38-19-8-3-15(13-20(19)39-2)18-14-21(26(29,30)31)36-24(32-18)22(27)23(33-36)25(37)35-11-9-34(10-12-35)17-6-4-16(28)5-7-17/h3-8,13-14H,9-12H2,1-2H3. The zero-order chi connectivity index (χ0) is 27.9. The number of halogens is 5. The van der Waals surface area contributed by atoms with Gasteiger partial charge in [-0.2, -0.15) is 18.3 Å². The first-order chi connectivity index (χ1) is 18.6. The Balaban J connectivity index is 1.48. The van der Waals surface area contributed by atoms with Crippen LogP contribution >= 0.6 is 11.6 Å². The molecular formula is C26H22ClF4N5O3. The number of carbonyl (C=O) groups excluding carboxylic acids is 1. The fraction of sp³-hybridized carbons (Fsp3) is 0.269. The third kappa shape index (κ3) is 5.03. The third-order valence-corrected chi connectivity index (χ3v) is 6.81. The van der Waals surface area contributed by atoms with Gasteiger partial charge in [-0.25, -0.2) is 13.9 Å². The molecule has 0 bridgehead atoms. The maximum absolute atomic E-state index is 14.1. The van der Waals surface area contributed by atoms with Gasteiger partial charge in [0, 0.05) is 37.4 Å². The lowest BCUT2D eigenvalue weighted by molar-refractivity contribution is -0.142.